The minimum atomic E-state index is -0.350. The summed E-state index contributed by atoms with van der Waals surface area (Å²) >= 11 is 3.51. The van der Waals surface area contributed by atoms with Gasteiger partial charge in [-0.05, 0) is 48.0 Å². The second-order valence-corrected chi connectivity index (χ2v) is 9.25. The largest absolute Gasteiger partial charge is 0.345 e. The van der Waals surface area contributed by atoms with Gasteiger partial charge in [0.25, 0.3) is 5.91 Å². The van der Waals surface area contributed by atoms with E-state index in [1.807, 2.05) is 6.08 Å². The number of halogens is 2. The van der Waals surface area contributed by atoms with Gasteiger partial charge in [0.05, 0.1) is 0 Å². The van der Waals surface area contributed by atoms with Crippen LogP contribution in [0.3, 0.4) is 0 Å². The lowest BCUT2D eigenvalue weighted by atomic mass is 9.97. The van der Waals surface area contributed by atoms with Crippen LogP contribution in [0.5, 0.6) is 0 Å². The molecule has 1 unspecified atom stereocenters. The Morgan fingerprint density at radius 2 is 2.13 bits per heavy atom. The molecule has 0 saturated heterocycles. The summed E-state index contributed by atoms with van der Waals surface area (Å²) in [5.41, 5.74) is 4.03. The van der Waals surface area contributed by atoms with Gasteiger partial charge in [-0.3, -0.25) is 14.7 Å². The molecule has 1 aromatic carbocycles. The van der Waals surface area contributed by atoms with Gasteiger partial charge in [-0.1, -0.05) is 40.2 Å². The topological polar surface area (TPSA) is 35.9 Å². The molecular weight excluding hydrogens is 476 g/mol. The third-order valence-electron chi connectivity index (χ3n) is 4.96. The molecule has 0 radical (unpaired) electrons. The summed E-state index contributed by atoms with van der Waals surface area (Å²) in [7, 11) is 7.62. The van der Waals surface area contributed by atoms with Crippen molar-refractivity contribution in [2.24, 2.45) is 4.99 Å². The van der Waals surface area contributed by atoms with Crippen molar-refractivity contribution in [3.05, 3.63) is 69.5 Å². The van der Waals surface area contributed by atoms with Crippen LogP contribution in [0, 0.1) is 5.82 Å². The van der Waals surface area contributed by atoms with E-state index in [0.29, 0.717) is 16.4 Å². The molecule has 0 fully saturated rings. The Labute approximate surface area is 195 Å². The molecular formula is C24H30BrFN3OP. The first-order chi connectivity index (χ1) is 14.6. The van der Waals surface area contributed by atoms with Crippen LogP contribution < -0.4 is 5.30 Å². The summed E-state index contributed by atoms with van der Waals surface area (Å²) in [6, 6.07) is 3.08. The minimum Gasteiger partial charge on any atom is -0.345 e. The van der Waals surface area contributed by atoms with E-state index >= 15 is 0 Å². The number of rotatable bonds is 7. The zero-order valence-corrected chi connectivity index (χ0v) is 21.3. The number of nitrogens with zero attached hydrogens (tertiary/aromatic N) is 3. The third-order valence-corrected chi connectivity index (χ3v) is 6.19. The van der Waals surface area contributed by atoms with Crippen molar-refractivity contribution in [1.29, 1.82) is 0 Å². The van der Waals surface area contributed by atoms with Gasteiger partial charge in [-0.25, -0.2) is 4.39 Å². The van der Waals surface area contributed by atoms with E-state index in [-0.39, 0.29) is 11.7 Å². The van der Waals surface area contributed by atoms with E-state index in [0.717, 1.165) is 41.7 Å². The number of carbonyl (C=O) groups is 1. The maximum atomic E-state index is 14.9. The first-order valence-electron chi connectivity index (χ1n) is 10.0. The number of allylic oxidation sites excluding steroid dienone is 4. The predicted octanol–water partition coefficient (Wildman–Crippen LogP) is 4.60. The van der Waals surface area contributed by atoms with Crippen LogP contribution in [0.2, 0.25) is 0 Å². The van der Waals surface area contributed by atoms with E-state index in [1.165, 1.54) is 16.5 Å². The van der Waals surface area contributed by atoms with Crippen molar-refractivity contribution in [3.8, 4) is 0 Å². The van der Waals surface area contributed by atoms with Crippen LogP contribution in [0.4, 0.5) is 4.39 Å². The van der Waals surface area contributed by atoms with Crippen LogP contribution >= 0.6 is 25.2 Å². The third kappa shape index (κ3) is 7.06. The smallest absolute Gasteiger partial charge is 0.253 e. The van der Waals surface area contributed by atoms with Crippen LogP contribution in [0.1, 0.15) is 29.3 Å². The molecule has 1 heterocycles. The van der Waals surface area contributed by atoms with E-state index in [2.05, 4.69) is 60.7 Å². The van der Waals surface area contributed by atoms with E-state index in [1.54, 1.807) is 33.4 Å². The van der Waals surface area contributed by atoms with E-state index in [9.17, 15) is 9.18 Å². The van der Waals surface area contributed by atoms with Crippen molar-refractivity contribution >= 4 is 48.2 Å². The number of hydrogen-bond acceptors (Lipinski definition) is 3. The second kappa shape index (κ2) is 11.7. The van der Waals surface area contributed by atoms with Crippen LogP contribution in [-0.2, 0) is 0 Å². The molecule has 0 saturated carbocycles. The molecule has 0 bridgehead atoms. The number of amides is 1. The first-order valence-corrected chi connectivity index (χ1v) is 11.4. The van der Waals surface area contributed by atoms with Crippen LogP contribution in [0.15, 0.2) is 57.6 Å². The van der Waals surface area contributed by atoms with Gasteiger partial charge in [-0.2, -0.15) is 0 Å². The zero-order valence-electron chi connectivity index (χ0n) is 18.6. The van der Waals surface area contributed by atoms with E-state index < -0.39 is 0 Å². The average molecular weight is 506 g/mol. The molecule has 1 atom stereocenters. The summed E-state index contributed by atoms with van der Waals surface area (Å²) in [6.07, 6.45) is 8.49. The molecule has 7 heteroatoms. The zero-order chi connectivity index (χ0) is 23.1. The molecule has 4 nitrogen and oxygen atoms in total. The summed E-state index contributed by atoms with van der Waals surface area (Å²) in [4.78, 5) is 19.9. The molecule has 1 aliphatic heterocycles. The number of benzene rings is 1. The lowest BCUT2D eigenvalue weighted by Crippen LogP contribution is -2.31. The monoisotopic (exact) mass is 505 g/mol. The number of aliphatic imine (C=N–C) groups is 1. The molecule has 31 heavy (non-hydrogen) atoms. The Morgan fingerprint density at radius 3 is 2.68 bits per heavy atom. The second-order valence-electron chi connectivity index (χ2n) is 7.77. The summed E-state index contributed by atoms with van der Waals surface area (Å²) in [6.45, 7) is 8.57. The van der Waals surface area contributed by atoms with Gasteiger partial charge in [0.15, 0.2) is 0 Å². The van der Waals surface area contributed by atoms with Gasteiger partial charge in [0.2, 0.25) is 0 Å². The lowest BCUT2D eigenvalue weighted by molar-refractivity contribution is 0.0827. The fourth-order valence-corrected chi connectivity index (χ4v) is 4.18. The van der Waals surface area contributed by atoms with Gasteiger partial charge >= 0.3 is 0 Å². The summed E-state index contributed by atoms with van der Waals surface area (Å²) in [5.74, 6) is -0.553. The van der Waals surface area contributed by atoms with Gasteiger partial charge < -0.3 is 4.90 Å². The van der Waals surface area contributed by atoms with Crippen molar-refractivity contribution < 1.29 is 9.18 Å². The molecule has 166 valence electrons. The van der Waals surface area contributed by atoms with Gasteiger partial charge in [0, 0.05) is 62.6 Å². The quantitative estimate of drug-likeness (QED) is 0.308. The average Bonchev–Trinajstić information content (AvgIpc) is 2.71. The Balaban J connectivity index is 2.09. The first kappa shape index (κ1) is 25.4. The SMILES string of the molecule is C=C(/C=C(\C)CN1CC=C(c2c(F)cc(C(=O)N(C)C)cc2P)CC1)/C(Br)=C\C=NC. The maximum Gasteiger partial charge on any atom is 0.253 e. The van der Waals surface area contributed by atoms with Crippen LogP contribution in [0.25, 0.3) is 5.57 Å². The molecule has 2 rings (SSSR count). The molecule has 1 amide bonds. The normalized spacial score (nSPS) is 15.9. The molecule has 0 N–H and O–H groups in total. The minimum absolute atomic E-state index is 0.203. The molecule has 1 aromatic rings. The molecule has 0 spiro atoms. The van der Waals surface area contributed by atoms with Gasteiger partial charge in [-0.15, -0.1) is 9.24 Å². The highest BCUT2D eigenvalue weighted by atomic mass is 79.9. The highest BCUT2D eigenvalue weighted by Crippen LogP contribution is 2.26. The highest BCUT2D eigenvalue weighted by Gasteiger charge is 2.20. The lowest BCUT2D eigenvalue weighted by Gasteiger charge is -2.27. The Morgan fingerprint density at radius 1 is 1.42 bits per heavy atom. The number of carbonyl (C=O) groups excluding carboxylic acids is 1. The Bertz CT molecular complexity index is 956. The van der Waals surface area contributed by atoms with Crippen molar-refractivity contribution in [2.45, 2.75) is 13.3 Å². The Hall–Kier alpha value is -1.88. The van der Waals surface area contributed by atoms with Crippen molar-refractivity contribution in [3.63, 3.8) is 0 Å². The maximum absolute atomic E-state index is 14.9. The molecule has 0 aromatic heterocycles. The number of hydrogen-bond donors (Lipinski definition) is 0. The fraction of sp³-hybridized carbons (Fsp3) is 0.333. The van der Waals surface area contributed by atoms with Crippen molar-refractivity contribution in [1.82, 2.24) is 9.80 Å². The predicted molar refractivity (Wildman–Crippen MR) is 137 cm³/mol. The van der Waals surface area contributed by atoms with Gasteiger partial charge in [0.1, 0.15) is 5.82 Å². The fourth-order valence-electron chi connectivity index (χ4n) is 3.44. The molecule has 1 aliphatic rings. The van der Waals surface area contributed by atoms with Crippen molar-refractivity contribution in [2.75, 3.05) is 40.8 Å². The van der Waals surface area contributed by atoms with E-state index in [4.69, 9.17) is 0 Å². The summed E-state index contributed by atoms with van der Waals surface area (Å²) in [5, 5.41) is 0.713. The molecule has 0 aliphatic carbocycles. The van der Waals surface area contributed by atoms with Crippen LogP contribution in [-0.4, -0.2) is 62.7 Å². The Kier molecular flexibility index (Phi) is 9.54. The summed E-state index contributed by atoms with van der Waals surface area (Å²) < 4.78 is 15.8. The highest BCUT2D eigenvalue weighted by molar-refractivity contribution is 9.12. The standard InChI is InChI=1S/C24H30BrFN3OP/c1-16(12-17(2)20(25)6-9-27-3)15-29-10-7-18(8-11-29)23-21(26)13-19(14-22(23)31)24(30)28(4)5/h6-7,9,12-14H,2,8,10-11,15,31H2,1,3-5H3/b16-12+,20-6+,27-9?.